The van der Waals surface area contributed by atoms with Crippen molar-refractivity contribution in [2.45, 2.75) is 51.5 Å². The Morgan fingerprint density at radius 3 is 2.14 bits per heavy atom. The molecule has 0 aliphatic heterocycles. The van der Waals surface area contributed by atoms with Crippen LogP contribution in [0, 0.1) is 5.92 Å². The molecule has 2 amide bonds. The molecule has 0 radical (unpaired) electrons. The number of nitrogens with one attached hydrogen (secondary N) is 1. The van der Waals surface area contributed by atoms with Crippen molar-refractivity contribution in [3.8, 4) is 5.75 Å². The van der Waals surface area contributed by atoms with Crippen LogP contribution in [-0.2, 0) is 26.0 Å². The number of rotatable bonds is 15. The van der Waals surface area contributed by atoms with E-state index in [4.69, 9.17) is 16.3 Å². The first kappa shape index (κ1) is 32.9. The van der Waals surface area contributed by atoms with Crippen LogP contribution in [-0.4, -0.2) is 57.4 Å². The van der Waals surface area contributed by atoms with Gasteiger partial charge in [-0.3, -0.25) is 13.9 Å². The minimum atomic E-state index is -4.18. The first-order chi connectivity index (χ1) is 20.1. The zero-order valence-electron chi connectivity index (χ0n) is 24.6. The minimum Gasteiger partial charge on any atom is -0.494 e. The number of sulfonamides is 1. The van der Waals surface area contributed by atoms with Crippen LogP contribution in [0.2, 0.25) is 5.02 Å². The lowest BCUT2D eigenvalue weighted by molar-refractivity contribution is -0.139. The van der Waals surface area contributed by atoms with Gasteiger partial charge in [-0.1, -0.05) is 62.7 Å². The molecule has 0 saturated heterocycles. The molecule has 42 heavy (non-hydrogen) atoms. The van der Waals surface area contributed by atoms with Crippen molar-refractivity contribution in [1.82, 2.24) is 10.2 Å². The van der Waals surface area contributed by atoms with Gasteiger partial charge in [0.1, 0.15) is 18.3 Å². The quantitative estimate of drug-likeness (QED) is 0.242. The number of carbonyl (C=O) groups excluding carboxylic acids is 2. The molecular formula is C32H40ClN3O5S. The third kappa shape index (κ3) is 8.97. The van der Waals surface area contributed by atoms with Crippen molar-refractivity contribution in [2.75, 3.05) is 30.5 Å². The molecule has 0 heterocycles. The third-order valence-electron chi connectivity index (χ3n) is 6.67. The third-order valence-corrected chi connectivity index (χ3v) is 8.71. The summed E-state index contributed by atoms with van der Waals surface area (Å²) in [5, 5.41) is 3.33. The van der Waals surface area contributed by atoms with Gasteiger partial charge in [0, 0.05) is 18.1 Å². The number of ether oxygens (including phenoxy) is 1. The number of nitrogens with zero attached hydrogens (tertiary/aromatic N) is 2. The summed E-state index contributed by atoms with van der Waals surface area (Å²) in [6, 6.07) is 21.2. The van der Waals surface area contributed by atoms with E-state index in [-0.39, 0.29) is 23.3 Å². The number of hydrogen-bond donors (Lipinski definition) is 1. The van der Waals surface area contributed by atoms with Crippen LogP contribution in [0.3, 0.4) is 0 Å². The van der Waals surface area contributed by atoms with Crippen LogP contribution >= 0.6 is 11.6 Å². The van der Waals surface area contributed by atoms with Gasteiger partial charge in [-0.15, -0.1) is 0 Å². The second-order valence-electron chi connectivity index (χ2n) is 10.3. The fourth-order valence-electron chi connectivity index (χ4n) is 4.46. The Hall–Kier alpha value is -3.56. The van der Waals surface area contributed by atoms with E-state index in [1.165, 1.54) is 29.2 Å². The van der Waals surface area contributed by atoms with Crippen LogP contribution in [0.5, 0.6) is 5.75 Å². The Bertz CT molecular complexity index is 1400. The van der Waals surface area contributed by atoms with Gasteiger partial charge >= 0.3 is 0 Å². The summed E-state index contributed by atoms with van der Waals surface area (Å²) in [6.45, 7) is 8.37. The standard InChI is InChI=1S/C32H40ClN3O5S/c1-5-30(32(38)34-22-24(3)4)35(21-20-25-10-8-7-9-11-25)31(37)23-36(27-14-16-28(17-15-27)41-6-2)42(39,40)29-18-12-26(33)13-19-29/h7-19,24,30H,5-6,20-23H2,1-4H3,(H,34,38)/t30-/m0/s1. The molecule has 0 aromatic heterocycles. The number of amides is 2. The highest BCUT2D eigenvalue weighted by Crippen LogP contribution is 2.27. The minimum absolute atomic E-state index is 0.00821. The van der Waals surface area contributed by atoms with E-state index in [0.29, 0.717) is 42.5 Å². The molecule has 1 N–H and O–H groups in total. The number of halogens is 1. The van der Waals surface area contributed by atoms with Crippen molar-refractivity contribution >= 4 is 39.1 Å². The SMILES string of the molecule is CCOc1ccc(N(CC(=O)N(CCc2ccccc2)[C@@H](CC)C(=O)NCC(C)C)S(=O)(=O)c2ccc(Cl)cc2)cc1. The smallest absolute Gasteiger partial charge is 0.264 e. The largest absolute Gasteiger partial charge is 0.494 e. The Kier molecular flexibility index (Phi) is 12.2. The van der Waals surface area contributed by atoms with Gasteiger partial charge in [-0.25, -0.2) is 8.42 Å². The summed E-state index contributed by atoms with van der Waals surface area (Å²) < 4.78 is 34.5. The molecule has 10 heteroatoms. The second-order valence-corrected chi connectivity index (χ2v) is 12.6. The fraction of sp³-hybridized carbons (Fsp3) is 0.375. The molecule has 0 spiro atoms. The molecule has 0 aliphatic rings. The first-order valence-electron chi connectivity index (χ1n) is 14.2. The zero-order chi connectivity index (χ0) is 30.7. The van der Waals surface area contributed by atoms with E-state index in [0.717, 1.165) is 9.87 Å². The van der Waals surface area contributed by atoms with Gasteiger partial charge in [0.05, 0.1) is 17.2 Å². The first-order valence-corrected chi connectivity index (χ1v) is 16.0. The van der Waals surface area contributed by atoms with Crippen LogP contribution in [0.4, 0.5) is 5.69 Å². The number of benzene rings is 3. The van der Waals surface area contributed by atoms with E-state index in [1.54, 1.807) is 24.3 Å². The lowest BCUT2D eigenvalue weighted by Gasteiger charge is -2.33. The summed E-state index contributed by atoms with van der Waals surface area (Å²) in [5.74, 6) is 0.0676. The maximum atomic E-state index is 14.1. The monoisotopic (exact) mass is 613 g/mol. The predicted octanol–water partition coefficient (Wildman–Crippen LogP) is 5.56. The maximum absolute atomic E-state index is 14.1. The van der Waals surface area contributed by atoms with Crippen molar-refractivity contribution in [3.63, 3.8) is 0 Å². The summed E-state index contributed by atoms with van der Waals surface area (Å²) in [4.78, 5) is 28.9. The van der Waals surface area contributed by atoms with E-state index in [1.807, 2.05) is 58.0 Å². The van der Waals surface area contributed by atoms with E-state index >= 15 is 0 Å². The van der Waals surface area contributed by atoms with Crippen LogP contribution < -0.4 is 14.4 Å². The molecule has 0 fully saturated rings. The maximum Gasteiger partial charge on any atom is 0.264 e. The molecule has 3 aromatic carbocycles. The summed E-state index contributed by atoms with van der Waals surface area (Å²) in [5.41, 5.74) is 1.30. The molecule has 1 atom stereocenters. The van der Waals surface area contributed by atoms with Crippen molar-refractivity contribution < 1.29 is 22.7 Å². The van der Waals surface area contributed by atoms with Crippen LogP contribution in [0.15, 0.2) is 83.8 Å². The lowest BCUT2D eigenvalue weighted by atomic mass is 10.1. The molecule has 0 bridgehead atoms. The normalized spacial score (nSPS) is 12.0. The molecule has 226 valence electrons. The molecule has 3 rings (SSSR count). The molecule has 0 saturated carbocycles. The van der Waals surface area contributed by atoms with Crippen molar-refractivity contribution in [2.24, 2.45) is 5.92 Å². The topological polar surface area (TPSA) is 96.0 Å². The average molecular weight is 614 g/mol. The van der Waals surface area contributed by atoms with E-state index < -0.39 is 28.5 Å². The fourth-order valence-corrected chi connectivity index (χ4v) is 6.00. The predicted molar refractivity (Wildman–Crippen MR) is 167 cm³/mol. The summed E-state index contributed by atoms with van der Waals surface area (Å²) in [7, 11) is -4.18. The zero-order valence-corrected chi connectivity index (χ0v) is 26.2. The lowest BCUT2D eigenvalue weighted by Crippen LogP contribution is -2.53. The van der Waals surface area contributed by atoms with Crippen LogP contribution in [0.1, 0.15) is 39.7 Å². The van der Waals surface area contributed by atoms with Crippen LogP contribution in [0.25, 0.3) is 0 Å². The Morgan fingerprint density at radius 2 is 1.57 bits per heavy atom. The summed E-state index contributed by atoms with van der Waals surface area (Å²) in [6.07, 6.45) is 0.880. The van der Waals surface area contributed by atoms with Gasteiger partial charge in [-0.2, -0.15) is 0 Å². The average Bonchev–Trinajstić information content (AvgIpc) is 2.98. The van der Waals surface area contributed by atoms with Crippen molar-refractivity contribution in [3.05, 3.63) is 89.4 Å². The van der Waals surface area contributed by atoms with Gasteiger partial charge < -0.3 is 15.0 Å². The molecule has 0 aliphatic carbocycles. The van der Waals surface area contributed by atoms with Gasteiger partial charge in [0.15, 0.2) is 0 Å². The number of carbonyl (C=O) groups is 2. The summed E-state index contributed by atoms with van der Waals surface area (Å²) >= 11 is 6.02. The van der Waals surface area contributed by atoms with Gasteiger partial charge in [0.2, 0.25) is 11.8 Å². The van der Waals surface area contributed by atoms with E-state index in [2.05, 4.69) is 5.32 Å². The van der Waals surface area contributed by atoms with Gasteiger partial charge in [-0.05, 0) is 79.8 Å². The molecular weight excluding hydrogens is 574 g/mol. The number of hydrogen-bond acceptors (Lipinski definition) is 5. The van der Waals surface area contributed by atoms with Crippen molar-refractivity contribution in [1.29, 1.82) is 0 Å². The highest BCUT2D eigenvalue weighted by Gasteiger charge is 2.33. The van der Waals surface area contributed by atoms with Gasteiger partial charge in [0.25, 0.3) is 10.0 Å². The molecule has 0 unspecified atom stereocenters. The molecule has 8 nitrogen and oxygen atoms in total. The van der Waals surface area contributed by atoms with E-state index in [9.17, 15) is 18.0 Å². The second kappa shape index (κ2) is 15.6. The highest BCUT2D eigenvalue weighted by atomic mass is 35.5. The Morgan fingerprint density at radius 1 is 0.929 bits per heavy atom. The highest BCUT2D eigenvalue weighted by molar-refractivity contribution is 7.92. The number of anilines is 1. The molecule has 3 aromatic rings. The Labute approximate surface area is 254 Å². The Balaban J connectivity index is 2.00.